The number of nitrogens with zero attached hydrogens (tertiary/aromatic N) is 1. The maximum absolute atomic E-state index is 13.0. The van der Waals surface area contributed by atoms with E-state index < -0.39 is 6.09 Å². The molecule has 1 amide bonds. The van der Waals surface area contributed by atoms with Crippen molar-refractivity contribution < 1.29 is 24.3 Å². The number of aliphatic hydroxyl groups is 1. The number of rotatable bonds is 7. The molecule has 1 aromatic carbocycles. The minimum atomic E-state index is -0.600. The van der Waals surface area contributed by atoms with Gasteiger partial charge in [-0.25, -0.2) is 4.79 Å². The van der Waals surface area contributed by atoms with E-state index in [1.54, 1.807) is 6.92 Å². The van der Waals surface area contributed by atoms with E-state index in [0.29, 0.717) is 25.2 Å². The minimum absolute atomic E-state index is 0.0275. The molecule has 1 aromatic rings. The fourth-order valence-electron chi connectivity index (χ4n) is 4.36. The zero-order chi connectivity index (χ0) is 24.0. The Labute approximate surface area is 194 Å². The number of carbonyl (C=O) groups is 2. The Balaban J connectivity index is 2.46. The number of alkyl carbamates (subject to hydrolysis) is 1. The number of thiocarbonyl (C=S) groups is 1. The Hall–Kier alpha value is -2.74. The van der Waals surface area contributed by atoms with Crippen molar-refractivity contribution in [1.29, 1.82) is 0 Å². The maximum atomic E-state index is 13.0. The van der Waals surface area contributed by atoms with Gasteiger partial charge in [0.2, 0.25) is 0 Å². The number of benzene rings is 1. The van der Waals surface area contributed by atoms with Gasteiger partial charge >= 0.3 is 6.09 Å². The number of aliphatic hydroxyl groups excluding tert-OH is 1. The summed E-state index contributed by atoms with van der Waals surface area (Å²) in [6, 6.07) is 1.99. The number of hydrogen-bond donors (Lipinski definition) is 2. The molecular formula is C24H32N2O5S. The molecule has 0 radical (unpaired) electrons. The first-order chi connectivity index (χ1) is 15.2. The molecule has 1 unspecified atom stereocenters. The van der Waals surface area contributed by atoms with Crippen molar-refractivity contribution in [3.63, 3.8) is 0 Å². The number of amides is 1. The van der Waals surface area contributed by atoms with E-state index in [-0.39, 0.29) is 41.0 Å². The van der Waals surface area contributed by atoms with Crippen molar-refractivity contribution >= 4 is 34.8 Å². The topological polar surface area (TPSA) is 97.2 Å². The van der Waals surface area contributed by atoms with Crippen molar-refractivity contribution in [3.05, 3.63) is 45.2 Å². The summed E-state index contributed by atoms with van der Waals surface area (Å²) in [5.74, 6) is -0.340. The van der Waals surface area contributed by atoms with Crippen LogP contribution < -0.4 is 5.32 Å². The Bertz CT molecular complexity index is 981. The molecule has 8 heteroatoms. The first-order valence-electron chi connectivity index (χ1n) is 10.9. The molecule has 174 valence electrons. The molecule has 7 nitrogen and oxygen atoms in total. The molecular weight excluding hydrogens is 428 g/mol. The maximum Gasteiger partial charge on any atom is 0.412 e. The van der Waals surface area contributed by atoms with Crippen LogP contribution in [0.2, 0.25) is 0 Å². The van der Waals surface area contributed by atoms with E-state index in [4.69, 9.17) is 21.8 Å². The number of carbonyl (C=O) groups excluding carboxylic acids is 2. The quantitative estimate of drug-likeness (QED) is 0.334. The average molecular weight is 461 g/mol. The molecule has 2 rings (SSSR count). The number of oxime groups is 1. The molecule has 0 fully saturated rings. The van der Waals surface area contributed by atoms with Crippen molar-refractivity contribution in [2.45, 2.75) is 66.7 Å². The normalized spacial score (nSPS) is 16.8. The molecule has 0 bridgehead atoms. The summed E-state index contributed by atoms with van der Waals surface area (Å²) in [5, 5.41) is 17.4. The molecule has 0 aliphatic heterocycles. The van der Waals surface area contributed by atoms with Gasteiger partial charge in [0.15, 0.2) is 5.78 Å². The second-order valence-electron chi connectivity index (χ2n) is 7.76. The summed E-state index contributed by atoms with van der Waals surface area (Å²) >= 11 is 5.48. The Kier molecular flexibility index (Phi) is 8.95. The largest absolute Gasteiger partial charge is 0.511 e. The molecule has 1 aliphatic carbocycles. The number of hydrogen-bond acceptors (Lipinski definition) is 7. The SMILES string of the molecule is CCON=C(CC)C1=C(O)CC(c2c(C)cc(C)c(C(=S)NC(=O)OCC)c2C)CC1=O. The molecule has 1 aliphatic rings. The van der Waals surface area contributed by atoms with Crippen LogP contribution in [0.15, 0.2) is 22.6 Å². The predicted octanol–water partition coefficient (Wildman–Crippen LogP) is 5.09. The summed E-state index contributed by atoms with van der Waals surface area (Å²) < 4.78 is 4.94. The lowest BCUT2D eigenvalue weighted by Gasteiger charge is -2.28. The van der Waals surface area contributed by atoms with Crippen molar-refractivity contribution in [3.8, 4) is 0 Å². The van der Waals surface area contributed by atoms with Crippen molar-refractivity contribution in [2.24, 2.45) is 5.16 Å². The number of aryl methyl sites for hydroxylation is 2. The first-order valence-corrected chi connectivity index (χ1v) is 11.3. The van der Waals surface area contributed by atoms with Gasteiger partial charge in [0, 0.05) is 18.4 Å². The molecule has 0 heterocycles. The average Bonchev–Trinajstić information content (AvgIpc) is 2.69. The van der Waals surface area contributed by atoms with Gasteiger partial charge in [-0.05, 0) is 69.2 Å². The Morgan fingerprint density at radius 1 is 1.19 bits per heavy atom. The summed E-state index contributed by atoms with van der Waals surface area (Å²) in [4.78, 5) is 30.3. The van der Waals surface area contributed by atoms with Crippen LogP contribution in [0.1, 0.15) is 73.8 Å². The van der Waals surface area contributed by atoms with E-state index >= 15 is 0 Å². The summed E-state index contributed by atoms with van der Waals surface area (Å²) in [6.07, 6.45) is 0.439. The smallest absolute Gasteiger partial charge is 0.412 e. The van der Waals surface area contributed by atoms with Gasteiger partial charge in [-0.2, -0.15) is 0 Å². The first kappa shape index (κ1) is 25.5. The van der Waals surface area contributed by atoms with E-state index in [1.165, 1.54) is 0 Å². The Morgan fingerprint density at radius 2 is 1.88 bits per heavy atom. The number of ether oxygens (including phenoxy) is 1. The summed E-state index contributed by atoms with van der Waals surface area (Å²) in [7, 11) is 0. The highest BCUT2D eigenvalue weighted by molar-refractivity contribution is 7.80. The minimum Gasteiger partial charge on any atom is -0.511 e. The van der Waals surface area contributed by atoms with Crippen LogP contribution in [0.4, 0.5) is 4.79 Å². The molecule has 0 saturated carbocycles. The highest BCUT2D eigenvalue weighted by Crippen LogP contribution is 2.39. The zero-order valence-corrected chi connectivity index (χ0v) is 20.4. The lowest BCUT2D eigenvalue weighted by atomic mass is 9.76. The van der Waals surface area contributed by atoms with Crippen LogP contribution in [0.3, 0.4) is 0 Å². The molecule has 1 atom stereocenters. The Morgan fingerprint density at radius 3 is 2.44 bits per heavy atom. The van der Waals surface area contributed by atoms with Crippen LogP contribution in [-0.2, 0) is 14.4 Å². The lowest BCUT2D eigenvalue weighted by Crippen LogP contribution is -2.32. The van der Waals surface area contributed by atoms with Crippen LogP contribution in [-0.4, -0.2) is 40.9 Å². The van der Waals surface area contributed by atoms with Crippen LogP contribution in [0.5, 0.6) is 0 Å². The molecule has 0 aromatic heterocycles. The fourth-order valence-corrected chi connectivity index (χ4v) is 4.75. The summed E-state index contributed by atoms with van der Waals surface area (Å²) in [6.45, 7) is 11.9. The van der Waals surface area contributed by atoms with Gasteiger partial charge in [-0.1, -0.05) is 30.4 Å². The molecule has 32 heavy (non-hydrogen) atoms. The van der Waals surface area contributed by atoms with E-state index in [9.17, 15) is 14.7 Å². The second-order valence-corrected chi connectivity index (χ2v) is 8.17. The third-order valence-electron chi connectivity index (χ3n) is 5.52. The van der Waals surface area contributed by atoms with Crippen molar-refractivity contribution in [1.82, 2.24) is 5.32 Å². The van der Waals surface area contributed by atoms with Gasteiger partial charge in [-0.3, -0.25) is 10.1 Å². The monoisotopic (exact) mass is 460 g/mol. The zero-order valence-electron chi connectivity index (χ0n) is 19.6. The number of Topliss-reactive ketones (excluding diaryl/α,β-unsaturated/α-hetero) is 1. The third kappa shape index (κ3) is 5.54. The highest BCUT2D eigenvalue weighted by Gasteiger charge is 2.33. The molecule has 0 saturated heterocycles. The fraction of sp³-hybridized carbons (Fsp3) is 0.500. The predicted molar refractivity (Wildman–Crippen MR) is 128 cm³/mol. The van der Waals surface area contributed by atoms with E-state index in [0.717, 1.165) is 27.8 Å². The van der Waals surface area contributed by atoms with E-state index in [1.807, 2.05) is 40.7 Å². The van der Waals surface area contributed by atoms with Gasteiger partial charge in [0.1, 0.15) is 17.4 Å². The summed E-state index contributed by atoms with van der Waals surface area (Å²) in [5.41, 5.74) is 5.24. The standard InChI is InChI=1S/C24H32N2O5S/c1-7-17(26-31-9-3)22-18(27)11-16(12-19(22)28)20-13(4)10-14(5)21(15(20)6)23(32)25-24(29)30-8-2/h10,16,27H,7-9,11-12H2,1-6H3,(H,25,29,32). The van der Waals surface area contributed by atoms with Gasteiger partial charge in [0.25, 0.3) is 0 Å². The van der Waals surface area contributed by atoms with Crippen LogP contribution >= 0.6 is 12.2 Å². The molecule has 2 N–H and O–H groups in total. The van der Waals surface area contributed by atoms with Crippen LogP contribution in [0, 0.1) is 20.8 Å². The third-order valence-corrected chi connectivity index (χ3v) is 5.83. The number of nitrogens with one attached hydrogen (secondary N) is 1. The van der Waals surface area contributed by atoms with Crippen molar-refractivity contribution in [2.75, 3.05) is 13.2 Å². The molecule has 0 spiro atoms. The van der Waals surface area contributed by atoms with Gasteiger partial charge in [0.05, 0.1) is 17.9 Å². The van der Waals surface area contributed by atoms with Gasteiger partial charge < -0.3 is 14.7 Å². The highest BCUT2D eigenvalue weighted by atomic mass is 32.1. The number of ketones is 1. The second kappa shape index (κ2) is 11.2. The van der Waals surface area contributed by atoms with E-state index in [2.05, 4.69) is 10.5 Å². The number of allylic oxidation sites excluding steroid dienone is 2. The lowest BCUT2D eigenvalue weighted by molar-refractivity contribution is -0.116. The van der Waals surface area contributed by atoms with Crippen LogP contribution in [0.25, 0.3) is 0 Å². The van der Waals surface area contributed by atoms with Gasteiger partial charge in [-0.15, -0.1) is 0 Å².